The Hall–Kier alpha value is -3.56. The van der Waals surface area contributed by atoms with E-state index in [0.29, 0.717) is 18.7 Å². The first-order chi connectivity index (χ1) is 19.2. The molecule has 0 spiro atoms. The van der Waals surface area contributed by atoms with Crippen LogP contribution in [0, 0.1) is 0 Å². The number of nitrogens with zero attached hydrogens (tertiary/aromatic N) is 2. The summed E-state index contributed by atoms with van der Waals surface area (Å²) >= 11 is 6.44. The number of hydrogen-bond donors (Lipinski definition) is 1. The number of benzene rings is 3. The maximum absolute atomic E-state index is 14.1. The van der Waals surface area contributed by atoms with E-state index in [-0.39, 0.29) is 28.1 Å². The molecular weight excluding hydrogens is 550 g/mol. The number of anilines is 1. The molecule has 0 saturated heterocycles. The van der Waals surface area contributed by atoms with Crippen molar-refractivity contribution < 1.29 is 22.7 Å². The largest absolute Gasteiger partial charge is 0.497 e. The van der Waals surface area contributed by atoms with E-state index in [2.05, 4.69) is 5.32 Å². The van der Waals surface area contributed by atoms with E-state index in [9.17, 15) is 18.0 Å². The maximum Gasteiger partial charge on any atom is 0.264 e. The summed E-state index contributed by atoms with van der Waals surface area (Å²) in [6.07, 6.45) is 2.06. The second kappa shape index (κ2) is 14.7. The average Bonchev–Trinajstić information content (AvgIpc) is 2.96. The highest BCUT2D eigenvalue weighted by atomic mass is 35.5. The highest BCUT2D eigenvalue weighted by Crippen LogP contribution is 2.31. The molecule has 3 rings (SSSR count). The molecule has 214 valence electrons. The lowest BCUT2D eigenvalue weighted by molar-refractivity contribution is -0.140. The molecule has 3 aromatic carbocycles. The molecule has 1 N–H and O–H groups in total. The summed E-state index contributed by atoms with van der Waals surface area (Å²) in [4.78, 5) is 28.8. The fourth-order valence-electron chi connectivity index (χ4n) is 4.28. The van der Waals surface area contributed by atoms with Crippen LogP contribution >= 0.6 is 11.6 Å². The first-order valence-electron chi connectivity index (χ1n) is 13.2. The van der Waals surface area contributed by atoms with Gasteiger partial charge in [-0.1, -0.05) is 74.3 Å². The van der Waals surface area contributed by atoms with Crippen molar-refractivity contribution in [3.05, 3.63) is 89.4 Å². The van der Waals surface area contributed by atoms with Crippen LogP contribution in [0.3, 0.4) is 0 Å². The van der Waals surface area contributed by atoms with E-state index < -0.39 is 28.5 Å². The van der Waals surface area contributed by atoms with Crippen LogP contribution in [0.15, 0.2) is 83.8 Å². The quantitative estimate of drug-likeness (QED) is 0.260. The first kappa shape index (κ1) is 31.0. The second-order valence-electron chi connectivity index (χ2n) is 9.22. The molecular formula is C30H36ClN3O5S. The highest BCUT2D eigenvalue weighted by molar-refractivity contribution is 7.92. The summed E-state index contributed by atoms with van der Waals surface area (Å²) < 4.78 is 34.0. The molecule has 10 heteroatoms. The Labute approximate surface area is 241 Å². The number of nitrogens with one attached hydrogen (secondary N) is 1. The molecule has 40 heavy (non-hydrogen) atoms. The Morgan fingerprint density at radius 3 is 2.33 bits per heavy atom. The van der Waals surface area contributed by atoms with Crippen molar-refractivity contribution in [3.63, 3.8) is 0 Å². The molecule has 3 aromatic rings. The lowest BCUT2D eigenvalue weighted by Gasteiger charge is -2.33. The van der Waals surface area contributed by atoms with Gasteiger partial charge in [-0.2, -0.15) is 0 Å². The topological polar surface area (TPSA) is 96.0 Å². The van der Waals surface area contributed by atoms with Crippen molar-refractivity contribution in [1.29, 1.82) is 0 Å². The van der Waals surface area contributed by atoms with Gasteiger partial charge in [-0.25, -0.2) is 8.42 Å². The summed E-state index contributed by atoms with van der Waals surface area (Å²) in [5.41, 5.74) is 0.908. The van der Waals surface area contributed by atoms with Crippen molar-refractivity contribution in [2.45, 2.75) is 50.6 Å². The third-order valence-electron chi connectivity index (χ3n) is 6.43. The van der Waals surface area contributed by atoms with Gasteiger partial charge in [0.05, 0.1) is 22.7 Å². The van der Waals surface area contributed by atoms with Gasteiger partial charge >= 0.3 is 0 Å². The standard InChI is InChI=1S/C30H36ClN3O5S/c1-4-6-19-32-30(36)27(5-2)33(21-23-13-12-14-24(20-23)39-3)29(35)22-34(28-18-11-10-17-26(28)31)40(37,38)25-15-8-7-9-16-25/h7-18,20,27H,4-6,19,21-22H2,1-3H3,(H,32,36)/t27-/m1/s1. The van der Waals surface area contributed by atoms with Crippen LogP contribution in [-0.2, 0) is 26.2 Å². The zero-order valence-electron chi connectivity index (χ0n) is 23.0. The van der Waals surface area contributed by atoms with E-state index in [1.165, 1.54) is 17.0 Å². The average molecular weight is 586 g/mol. The highest BCUT2D eigenvalue weighted by Gasteiger charge is 2.34. The molecule has 0 aliphatic rings. The van der Waals surface area contributed by atoms with Crippen molar-refractivity contribution in [2.75, 3.05) is 24.5 Å². The number of methoxy groups -OCH3 is 1. The molecule has 1 atom stereocenters. The zero-order chi connectivity index (χ0) is 29.1. The molecule has 0 fully saturated rings. The van der Waals surface area contributed by atoms with Crippen LogP contribution in [0.1, 0.15) is 38.7 Å². The lowest BCUT2D eigenvalue weighted by Crippen LogP contribution is -2.52. The number of halogens is 1. The van der Waals surface area contributed by atoms with E-state index in [1.54, 1.807) is 67.8 Å². The molecule has 0 radical (unpaired) electrons. The van der Waals surface area contributed by atoms with Gasteiger partial charge in [-0.05, 0) is 54.8 Å². The molecule has 0 unspecified atom stereocenters. The fraction of sp³-hybridized carbons (Fsp3) is 0.333. The molecule has 8 nitrogen and oxygen atoms in total. The minimum Gasteiger partial charge on any atom is -0.497 e. The summed E-state index contributed by atoms with van der Waals surface area (Å²) in [6.45, 7) is 3.86. The number of amides is 2. The Morgan fingerprint density at radius 2 is 1.68 bits per heavy atom. The SMILES string of the molecule is CCCCNC(=O)[C@@H](CC)N(Cc1cccc(OC)c1)C(=O)CN(c1ccccc1Cl)S(=O)(=O)c1ccccc1. The van der Waals surface area contributed by atoms with Crippen LogP contribution in [-0.4, -0.2) is 51.4 Å². The predicted octanol–water partition coefficient (Wildman–Crippen LogP) is 5.27. The Bertz CT molecular complexity index is 1380. The smallest absolute Gasteiger partial charge is 0.264 e. The van der Waals surface area contributed by atoms with Gasteiger partial charge < -0.3 is 15.0 Å². The van der Waals surface area contributed by atoms with Crippen molar-refractivity contribution in [2.24, 2.45) is 0 Å². The molecule has 0 heterocycles. The number of sulfonamides is 1. The first-order valence-corrected chi connectivity index (χ1v) is 15.1. The van der Waals surface area contributed by atoms with Gasteiger partial charge in [0.15, 0.2) is 0 Å². The number of para-hydroxylation sites is 1. The van der Waals surface area contributed by atoms with E-state index >= 15 is 0 Å². The van der Waals surface area contributed by atoms with Gasteiger partial charge in [0.1, 0.15) is 18.3 Å². The molecule has 2 amide bonds. The lowest BCUT2D eigenvalue weighted by atomic mass is 10.1. The molecule has 0 aliphatic carbocycles. The third-order valence-corrected chi connectivity index (χ3v) is 8.53. The fourth-order valence-corrected chi connectivity index (χ4v) is 6.02. The number of carbonyl (C=O) groups is 2. The summed E-state index contributed by atoms with van der Waals surface area (Å²) in [6, 6.07) is 20.7. The summed E-state index contributed by atoms with van der Waals surface area (Å²) in [5.74, 6) is -0.225. The van der Waals surface area contributed by atoms with Crippen LogP contribution in [0.5, 0.6) is 5.75 Å². The Kier molecular flexibility index (Phi) is 11.4. The van der Waals surface area contributed by atoms with E-state index in [0.717, 1.165) is 22.7 Å². The Balaban J connectivity index is 2.04. The van der Waals surface area contributed by atoms with E-state index in [1.807, 2.05) is 19.9 Å². The maximum atomic E-state index is 14.1. The summed E-state index contributed by atoms with van der Waals surface area (Å²) in [5, 5.41) is 3.10. The second-order valence-corrected chi connectivity index (χ2v) is 11.5. The van der Waals surface area contributed by atoms with Crippen molar-refractivity contribution in [1.82, 2.24) is 10.2 Å². The van der Waals surface area contributed by atoms with Crippen molar-refractivity contribution in [3.8, 4) is 5.75 Å². The van der Waals surface area contributed by atoms with Crippen LogP contribution < -0.4 is 14.4 Å². The van der Waals surface area contributed by atoms with Gasteiger partial charge in [0.2, 0.25) is 11.8 Å². The molecule has 0 aromatic heterocycles. The number of carbonyl (C=O) groups excluding carboxylic acids is 2. The number of rotatable bonds is 14. The van der Waals surface area contributed by atoms with Gasteiger partial charge in [-0.3, -0.25) is 13.9 Å². The molecule has 0 saturated carbocycles. The predicted molar refractivity (Wildman–Crippen MR) is 158 cm³/mol. The molecule has 0 aliphatic heterocycles. The van der Waals surface area contributed by atoms with Gasteiger partial charge in [-0.15, -0.1) is 0 Å². The number of hydrogen-bond acceptors (Lipinski definition) is 5. The Morgan fingerprint density at radius 1 is 0.975 bits per heavy atom. The van der Waals surface area contributed by atoms with Crippen LogP contribution in [0.4, 0.5) is 5.69 Å². The number of unbranched alkanes of at least 4 members (excludes halogenated alkanes) is 1. The minimum atomic E-state index is -4.18. The van der Waals surface area contributed by atoms with Gasteiger partial charge in [0.25, 0.3) is 10.0 Å². The van der Waals surface area contributed by atoms with Crippen LogP contribution in [0.25, 0.3) is 0 Å². The van der Waals surface area contributed by atoms with Crippen molar-refractivity contribution >= 4 is 39.1 Å². The normalized spacial score (nSPS) is 11.9. The monoisotopic (exact) mass is 585 g/mol. The van der Waals surface area contributed by atoms with Crippen LogP contribution in [0.2, 0.25) is 5.02 Å². The third kappa shape index (κ3) is 7.76. The molecule has 0 bridgehead atoms. The van der Waals surface area contributed by atoms with Gasteiger partial charge in [0, 0.05) is 13.1 Å². The van der Waals surface area contributed by atoms with E-state index in [4.69, 9.17) is 16.3 Å². The number of ether oxygens (including phenoxy) is 1. The summed E-state index contributed by atoms with van der Waals surface area (Å²) in [7, 11) is -2.63. The zero-order valence-corrected chi connectivity index (χ0v) is 24.6. The minimum absolute atomic E-state index is 0.0198.